The molecular weight excluding hydrogens is 330 g/mol. The van der Waals surface area contributed by atoms with E-state index in [-0.39, 0.29) is 16.3 Å². The Balaban J connectivity index is 3.27. The Labute approximate surface area is 130 Å². The van der Waals surface area contributed by atoms with Crippen LogP contribution in [0.3, 0.4) is 0 Å². The van der Waals surface area contributed by atoms with Crippen LogP contribution in [0.5, 0.6) is 0 Å². The van der Waals surface area contributed by atoms with E-state index in [0.29, 0.717) is 6.42 Å². The number of hydrogen-bond donors (Lipinski definition) is 2. The molecule has 0 saturated heterocycles. The maximum Gasteiger partial charge on any atom is 0.243 e. The van der Waals surface area contributed by atoms with Gasteiger partial charge in [0.05, 0.1) is 16.3 Å². The summed E-state index contributed by atoms with van der Waals surface area (Å²) in [5.74, 6) is -0.790. The van der Waals surface area contributed by atoms with Crippen LogP contribution in [0.25, 0.3) is 0 Å². The van der Waals surface area contributed by atoms with Crippen molar-refractivity contribution in [2.45, 2.75) is 29.6 Å². The summed E-state index contributed by atoms with van der Waals surface area (Å²) in [7, 11) is -8.06. The molecule has 4 N–H and O–H groups in total. The largest absolute Gasteiger partial charge is 0.369 e. The molecule has 124 valence electrons. The fourth-order valence-corrected chi connectivity index (χ4v) is 3.88. The highest BCUT2D eigenvalue weighted by Crippen LogP contribution is 2.19. The van der Waals surface area contributed by atoms with Gasteiger partial charge in [-0.1, -0.05) is 19.4 Å². The zero-order valence-electron chi connectivity index (χ0n) is 12.1. The molecule has 1 amide bonds. The Bertz CT molecular complexity index is 744. The fraction of sp³-hybridized carbons (Fsp3) is 0.417. The molecule has 0 bridgehead atoms. The maximum atomic E-state index is 12.5. The summed E-state index contributed by atoms with van der Waals surface area (Å²) >= 11 is 0. The number of primary amides is 1. The van der Waals surface area contributed by atoms with Gasteiger partial charge in [-0.15, -0.1) is 0 Å². The molecule has 10 heteroatoms. The van der Waals surface area contributed by atoms with Crippen molar-refractivity contribution in [1.29, 1.82) is 0 Å². The van der Waals surface area contributed by atoms with Gasteiger partial charge in [-0.2, -0.15) is 4.31 Å². The van der Waals surface area contributed by atoms with Gasteiger partial charge in [-0.05, 0) is 24.6 Å². The lowest BCUT2D eigenvalue weighted by Crippen LogP contribution is -2.39. The molecule has 0 atom stereocenters. The number of carbonyl (C=O) groups excluding carboxylic acids is 1. The number of hydrogen-bond acceptors (Lipinski definition) is 5. The van der Waals surface area contributed by atoms with Crippen molar-refractivity contribution in [3.8, 4) is 0 Å². The van der Waals surface area contributed by atoms with Crippen LogP contribution in [-0.2, 0) is 24.8 Å². The van der Waals surface area contributed by atoms with Crippen LogP contribution >= 0.6 is 0 Å². The lowest BCUT2D eigenvalue weighted by Gasteiger charge is -2.20. The van der Waals surface area contributed by atoms with Gasteiger partial charge in [0, 0.05) is 6.54 Å². The number of amides is 1. The number of benzene rings is 1. The topological polar surface area (TPSA) is 141 Å². The fourth-order valence-electron chi connectivity index (χ4n) is 1.75. The molecule has 1 rings (SSSR count). The van der Waals surface area contributed by atoms with Crippen molar-refractivity contribution in [3.05, 3.63) is 24.3 Å². The first-order valence-electron chi connectivity index (χ1n) is 6.50. The van der Waals surface area contributed by atoms with Crippen molar-refractivity contribution < 1.29 is 21.6 Å². The molecule has 0 aliphatic heterocycles. The normalized spacial score (nSPS) is 12.5. The first-order valence-corrected chi connectivity index (χ1v) is 9.49. The molecule has 0 unspecified atom stereocenters. The summed E-state index contributed by atoms with van der Waals surface area (Å²) in [6.07, 6.45) is 1.27. The molecule has 22 heavy (non-hydrogen) atoms. The lowest BCUT2D eigenvalue weighted by molar-refractivity contribution is -0.118. The first-order chi connectivity index (χ1) is 10.1. The van der Waals surface area contributed by atoms with Crippen LogP contribution in [0.1, 0.15) is 19.8 Å². The summed E-state index contributed by atoms with van der Waals surface area (Å²) < 4.78 is 48.7. The van der Waals surface area contributed by atoms with Crippen molar-refractivity contribution in [2.75, 3.05) is 13.1 Å². The van der Waals surface area contributed by atoms with Gasteiger partial charge in [0.1, 0.15) is 0 Å². The number of nitrogens with two attached hydrogens (primary N) is 2. The minimum absolute atomic E-state index is 0.112. The van der Waals surface area contributed by atoms with Crippen LogP contribution < -0.4 is 10.9 Å². The highest BCUT2D eigenvalue weighted by Gasteiger charge is 2.26. The van der Waals surface area contributed by atoms with Gasteiger partial charge >= 0.3 is 0 Å². The molecule has 1 aromatic rings. The lowest BCUT2D eigenvalue weighted by atomic mass is 10.3. The van der Waals surface area contributed by atoms with E-state index in [1.165, 1.54) is 18.2 Å². The number of rotatable bonds is 8. The average Bonchev–Trinajstić information content (AvgIpc) is 2.42. The van der Waals surface area contributed by atoms with Crippen LogP contribution in [0.4, 0.5) is 0 Å². The molecule has 0 aliphatic rings. The molecule has 0 radical (unpaired) electrons. The summed E-state index contributed by atoms with van der Waals surface area (Å²) in [5.41, 5.74) is 5.08. The van der Waals surface area contributed by atoms with E-state index in [2.05, 4.69) is 0 Å². The second-order valence-corrected chi connectivity index (χ2v) is 8.18. The van der Waals surface area contributed by atoms with E-state index in [0.717, 1.165) is 16.8 Å². The smallest absolute Gasteiger partial charge is 0.243 e. The predicted octanol–water partition coefficient (Wildman–Crippen LogP) is -0.390. The zero-order chi connectivity index (χ0) is 17.0. The SMILES string of the molecule is CCCCN(CC(N)=O)S(=O)(=O)c1cccc(S(N)(=O)=O)c1. The summed E-state index contributed by atoms with van der Waals surface area (Å²) in [4.78, 5) is 10.5. The Hall–Kier alpha value is -1.49. The number of nitrogens with zero attached hydrogens (tertiary/aromatic N) is 1. The van der Waals surface area contributed by atoms with E-state index >= 15 is 0 Å². The maximum absolute atomic E-state index is 12.5. The number of primary sulfonamides is 1. The van der Waals surface area contributed by atoms with E-state index in [1.807, 2.05) is 6.92 Å². The monoisotopic (exact) mass is 349 g/mol. The third-order valence-corrected chi connectivity index (χ3v) is 5.62. The van der Waals surface area contributed by atoms with Crippen molar-refractivity contribution in [2.24, 2.45) is 10.9 Å². The standard InChI is InChI=1S/C12H19N3O5S2/c1-2-3-7-15(9-12(13)16)22(19,20)11-6-4-5-10(8-11)21(14,17)18/h4-6,8H,2-3,7,9H2,1H3,(H2,13,16)(H2,14,17,18). The average molecular weight is 349 g/mol. The Kier molecular flexibility index (Phi) is 6.06. The van der Waals surface area contributed by atoms with Gasteiger partial charge in [-0.3, -0.25) is 4.79 Å². The van der Waals surface area contributed by atoms with E-state index in [4.69, 9.17) is 10.9 Å². The van der Waals surface area contributed by atoms with Crippen molar-refractivity contribution >= 4 is 26.0 Å². The summed E-state index contributed by atoms with van der Waals surface area (Å²) in [6.45, 7) is 1.51. The van der Waals surface area contributed by atoms with Gasteiger partial charge < -0.3 is 5.73 Å². The van der Waals surface area contributed by atoms with Crippen LogP contribution in [0.2, 0.25) is 0 Å². The summed E-state index contributed by atoms with van der Waals surface area (Å²) in [5, 5.41) is 5.00. The second-order valence-electron chi connectivity index (χ2n) is 4.68. The Morgan fingerprint density at radius 1 is 1.18 bits per heavy atom. The van der Waals surface area contributed by atoms with Crippen LogP contribution in [0, 0.1) is 0 Å². The summed E-state index contributed by atoms with van der Waals surface area (Å²) in [6, 6.07) is 4.67. The van der Waals surface area contributed by atoms with Crippen LogP contribution in [-0.4, -0.2) is 40.1 Å². The minimum Gasteiger partial charge on any atom is -0.369 e. The Morgan fingerprint density at radius 3 is 2.27 bits per heavy atom. The van der Waals surface area contributed by atoms with E-state index in [9.17, 15) is 21.6 Å². The van der Waals surface area contributed by atoms with E-state index < -0.39 is 32.5 Å². The van der Waals surface area contributed by atoms with Gasteiger partial charge in [-0.25, -0.2) is 22.0 Å². The second kappa shape index (κ2) is 7.18. The molecule has 0 heterocycles. The third-order valence-electron chi connectivity index (χ3n) is 2.87. The molecule has 8 nitrogen and oxygen atoms in total. The van der Waals surface area contributed by atoms with Gasteiger partial charge in [0.25, 0.3) is 0 Å². The molecule has 0 fully saturated rings. The quantitative estimate of drug-likeness (QED) is 0.657. The number of carbonyl (C=O) groups is 1. The van der Waals surface area contributed by atoms with Gasteiger partial charge in [0.2, 0.25) is 26.0 Å². The Morgan fingerprint density at radius 2 is 1.77 bits per heavy atom. The minimum atomic E-state index is -4.04. The van der Waals surface area contributed by atoms with Crippen molar-refractivity contribution in [3.63, 3.8) is 0 Å². The molecule has 1 aromatic carbocycles. The zero-order valence-corrected chi connectivity index (χ0v) is 13.7. The molecular formula is C12H19N3O5S2. The highest BCUT2D eigenvalue weighted by molar-refractivity contribution is 7.90. The molecule has 0 spiro atoms. The first kappa shape index (κ1) is 18.6. The molecule has 0 saturated carbocycles. The van der Waals surface area contributed by atoms with Crippen LogP contribution in [0.15, 0.2) is 34.1 Å². The molecule has 0 aromatic heterocycles. The van der Waals surface area contributed by atoms with Gasteiger partial charge in [0.15, 0.2) is 0 Å². The van der Waals surface area contributed by atoms with E-state index in [1.54, 1.807) is 0 Å². The third kappa shape index (κ3) is 4.77. The number of unbranched alkanes of at least 4 members (excludes halogenated alkanes) is 1. The highest BCUT2D eigenvalue weighted by atomic mass is 32.2. The van der Waals surface area contributed by atoms with Crippen molar-refractivity contribution in [1.82, 2.24) is 4.31 Å². The predicted molar refractivity (Wildman–Crippen MR) is 80.7 cm³/mol. The number of sulfonamides is 2. The molecule has 0 aliphatic carbocycles.